The Balaban J connectivity index is 1.91. The lowest BCUT2D eigenvalue weighted by Crippen LogP contribution is -2.29. The van der Waals surface area contributed by atoms with Gasteiger partial charge in [-0.1, -0.05) is 35.3 Å². The highest BCUT2D eigenvalue weighted by Crippen LogP contribution is 2.23. The first-order chi connectivity index (χ1) is 11.0. The zero-order chi connectivity index (χ0) is 16.8. The fourth-order valence-corrected chi connectivity index (χ4v) is 2.44. The Morgan fingerprint density at radius 1 is 1.22 bits per heavy atom. The number of carbonyl (C=O) groups is 1. The first kappa shape index (κ1) is 17.3. The van der Waals surface area contributed by atoms with Crippen LogP contribution in [-0.2, 0) is 11.3 Å². The van der Waals surface area contributed by atoms with E-state index in [1.165, 1.54) is 0 Å². The van der Waals surface area contributed by atoms with Gasteiger partial charge in [0, 0.05) is 12.2 Å². The largest absolute Gasteiger partial charge is 0.325 e. The van der Waals surface area contributed by atoms with Crippen LogP contribution in [-0.4, -0.2) is 24.4 Å². The molecule has 0 spiro atoms. The number of nitrogens with zero attached hydrogens (tertiary/aromatic N) is 2. The Labute approximate surface area is 145 Å². The van der Waals surface area contributed by atoms with Crippen LogP contribution in [0.5, 0.6) is 0 Å². The van der Waals surface area contributed by atoms with Gasteiger partial charge in [-0.15, -0.1) is 0 Å². The van der Waals surface area contributed by atoms with E-state index in [0.29, 0.717) is 27.8 Å². The van der Waals surface area contributed by atoms with Crippen molar-refractivity contribution in [3.05, 3.63) is 63.6 Å². The Hall–Kier alpha value is -2.06. The summed E-state index contributed by atoms with van der Waals surface area (Å²) in [6.45, 7) is 0.791. The van der Waals surface area contributed by atoms with Gasteiger partial charge in [-0.05, 0) is 42.9 Å². The van der Waals surface area contributed by atoms with E-state index in [1.54, 1.807) is 36.4 Å². The molecule has 2 rings (SSSR count). The van der Waals surface area contributed by atoms with Crippen molar-refractivity contribution in [1.29, 1.82) is 5.26 Å². The number of likely N-dealkylation sites (N-methyl/N-ethyl adjacent to an activating group) is 1. The van der Waals surface area contributed by atoms with E-state index >= 15 is 0 Å². The molecule has 0 bridgehead atoms. The topological polar surface area (TPSA) is 56.1 Å². The van der Waals surface area contributed by atoms with Crippen molar-refractivity contribution in [2.24, 2.45) is 0 Å². The van der Waals surface area contributed by atoms with Gasteiger partial charge in [0.1, 0.15) is 0 Å². The molecule has 1 amide bonds. The molecule has 23 heavy (non-hydrogen) atoms. The molecule has 0 aromatic heterocycles. The molecule has 1 N–H and O–H groups in total. The highest BCUT2D eigenvalue weighted by Gasteiger charge is 2.09. The molecular weight excluding hydrogens is 333 g/mol. The fourth-order valence-electron chi connectivity index (χ4n) is 2.12. The molecule has 0 unspecified atom stereocenters. The lowest BCUT2D eigenvalue weighted by molar-refractivity contribution is -0.117. The van der Waals surface area contributed by atoms with Crippen LogP contribution >= 0.6 is 23.2 Å². The Bertz CT molecular complexity index is 756. The summed E-state index contributed by atoms with van der Waals surface area (Å²) in [6, 6.07) is 14.2. The number of hydrogen-bond donors (Lipinski definition) is 1. The zero-order valence-corrected chi connectivity index (χ0v) is 14.0. The van der Waals surface area contributed by atoms with Gasteiger partial charge in [0.2, 0.25) is 5.91 Å². The van der Waals surface area contributed by atoms with E-state index in [1.807, 2.05) is 24.1 Å². The Kier molecular flexibility index (Phi) is 6.00. The van der Waals surface area contributed by atoms with Crippen LogP contribution in [0.25, 0.3) is 0 Å². The van der Waals surface area contributed by atoms with Crippen molar-refractivity contribution in [3.63, 3.8) is 0 Å². The van der Waals surface area contributed by atoms with E-state index in [0.717, 1.165) is 5.56 Å². The summed E-state index contributed by atoms with van der Waals surface area (Å²) in [6.07, 6.45) is 0. The molecular formula is C17H15Cl2N3O. The summed E-state index contributed by atoms with van der Waals surface area (Å²) in [7, 11) is 1.84. The third-order valence-electron chi connectivity index (χ3n) is 3.13. The second-order valence-electron chi connectivity index (χ2n) is 5.16. The monoisotopic (exact) mass is 347 g/mol. The van der Waals surface area contributed by atoms with E-state index in [2.05, 4.69) is 5.32 Å². The average Bonchev–Trinajstić information content (AvgIpc) is 2.51. The minimum atomic E-state index is -0.150. The third-order valence-corrected chi connectivity index (χ3v) is 3.86. The van der Waals surface area contributed by atoms with Gasteiger partial charge >= 0.3 is 0 Å². The fraction of sp³-hybridized carbons (Fsp3) is 0.176. The molecule has 2 aromatic rings. The normalized spacial score (nSPS) is 10.4. The minimum absolute atomic E-state index is 0.150. The number of carbonyl (C=O) groups excluding carboxylic acids is 1. The molecule has 0 fully saturated rings. The minimum Gasteiger partial charge on any atom is -0.325 e. The van der Waals surface area contributed by atoms with E-state index < -0.39 is 0 Å². The second-order valence-corrected chi connectivity index (χ2v) is 5.98. The number of nitrogens with one attached hydrogen (secondary N) is 1. The van der Waals surface area contributed by atoms with Gasteiger partial charge in [-0.25, -0.2) is 0 Å². The second kappa shape index (κ2) is 7.98. The maximum absolute atomic E-state index is 12.1. The van der Waals surface area contributed by atoms with Gasteiger partial charge < -0.3 is 5.32 Å². The van der Waals surface area contributed by atoms with Gasteiger partial charge in [0.05, 0.1) is 28.2 Å². The summed E-state index contributed by atoms with van der Waals surface area (Å²) in [5.41, 5.74) is 2.09. The van der Waals surface area contributed by atoms with Crippen molar-refractivity contribution in [1.82, 2.24) is 4.90 Å². The smallest absolute Gasteiger partial charge is 0.238 e. The maximum atomic E-state index is 12.1. The van der Waals surface area contributed by atoms with Crippen LogP contribution in [0.4, 0.5) is 5.69 Å². The first-order valence-electron chi connectivity index (χ1n) is 6.90. The van der Waals surface area contributed by atoms with Crippen LogP contribution in [0, 0.1) is 11.3 Å². The number of benzene rings is 2. The van der Waals surface area contributed by atoms with Crippen LogP contribution in [0.2, 0.25) is 10.0 Å². The zero-order valence-electron chi connectivity index (χ0n) is 12.5. The number of amides is 1. The molecule has 0 aliphatic rings. The number of nitriles is 1. The van der Waals surface area contributed by atoms with Gasteiger partial charge in [0.15, 0.2) is 0 Å². The summed E-state index contributed by atoms with van der Waals surface area (Å²) >= 11 is 11.9. The molecule has 0 atom stereocenters. The molecule has 0 saturated heterocycles. The maximum Gasteiger partial charge on any atom is 0.238 e. The molecule has 118 valence electrons. The van der Waals surface area contributed by atoms with Crippen molar-refractivity contribution in [3.8, 4) is 6.07 Å². The van der Waals surface area contributed by atoms with Gasteiger partial charge in [-0.2, -0.15) is 5.26 Å². The molecule has 4 nitrogen and oxygen atoms in total. The predicted molar refractivity (Wildman–Crippen MR) is 92.6 cm³/mol. The molecule has 0 heterocycles. The van der Waals surface area contributed by atoms with E-state index in [-0.39, 0.29) is 12.5 Å². The number of anilines is 1. The standard InChI is InChI=1S/C17H15Cl2N3O/c1-22(10-13-5-6-15(18)16(19)8-13)11-17(23)21-14-4-2-3-12(7-14)9-20/h2-8H,10-11H2,1H3,(H,21,23). The quantitative estimate of drug-likeness (QED) is 0.891. The van der Waals surface area contributed by atoms with Crippen molar-refractivity contribution in [2.75, 3.05) is 18.9 Å². The molecule has 0 aliphatic heterocycles. The van der Waals surface area contributed by atoms with Crippen LogP contribution in [0.3, 0.4) is 0 Å². The van der Waals surface area contributed by atoms with Crippen LogP contribution < -0.4 is 5.32 Å². The van der Waals surface area contributed by atoms with Crippen molar-refractivity contribution < 1.29 is 4.79 Å². The highest BCUT2D eigenvalue weighted by molar-refractivity contribution is 6.42. The van der Waals surface area contributed by atoms with Gasteiger partial charge in [0.25, 0.3) is 0 Å². The predicted octanol–water partition coefficient (Wildman–Crippen LogP) is 3.94. The highest BCUT2D eigenvalue weighted by atomic mass is 35.5. The lowest BCUT2D eigenvalue weighted by atomic mass is 10.2. The molecule has 6 heteroatoms. The first-order valence-corrected chi connectivity index (χ1v) is 7.66. The summed E-state index contributed by atoms with van der Waals surface area (Å²) in [4.78, 5) is 13.9. The number of hydrogen-bond acceptors (Lipinski definition) is 3. The molecule has 0 aliphatic carbocycles. The van der Waals surface area contributed by atoms with Gasteiger partial charge in [-0.3, -0.25) is 9.69 Å². The van der Waals surface area contributed by atoms with Crippen LogP contribution in [0.15, 0.2) is 42.5 Å². The molecule has 2 aromatic carbocycles. The summed E-state index contributed by atoms with van der Waals surface area (Å²) < 4.78 is 0. The summed E-state index contributed by atoms with van der Waals surface area (Å²) in [5, 5.41) is 12.6. The molecule has 0 saturated carbocycles. The van der Waals surface area contributed by atoms with E-state index in [4.69, 9.17) is 28.5 Å². The van der Waals surface area contributed by atoms with Crippen molar-refractivity contribution >= 4 is 34.8 Å². The van der Waals surface area contributed by atoms with E-state index in [9.17, 15) is 4.79 Å². The third kappa shape index (κ3) is 5.26. The van der Waals surface area contributed by atoms with Crippen LogP contribution in [0.1, 0.15) is 11.1 Å². The summed E-state index contributed by atoms with van der Waals surface area (Å²) in [5.74, 6) is -0.150. The Morgan fingerprint density at radius 2 is 2.00 bits per heavy atom. The molecule has 0 radical (unpaired) electrons. The number of halogens is 2. The SMILES string of the molecule is CN(CC(=O)Nc1cccc(C#N)c1)Cc1ccc(Cl)c(Cl)c1. The average molecular weight is 348 g/mol. The lowest BCUT2D eigenvalue weighted by Gasteiger charge is -2.16. The van der Waals surface area contributed by atoms with Crippen molar-refractivity contribution in [2.45, 2.75) is 6.54 Å². The Morgan fingerprint density at radius 3 is 2.70 bits per heavy atom. The number of rotatable bonds is 5.